The number of ether oxygens (including phenoxy) is 1. The molecule has 0 radical (unpaired) electrons. The zero-order valence-electron chi connectivity index (χ0n) is 9.47. The molecule has 0 unspecified atom stereocenters. The van der Waals surface area contributed by atoms with Crippen molar-refractivity contribution in [3.8, 4) is 0 Å². The molecule has 1 aromatic heterocycles. The maximum Gasteiger partial charge on any atom is 0.338 e. The van der Waals surface area contributed by atoms with E-state index in [2.05, 4.69) is 4.98 Å². The van der Waals surface area contributed by atoms with E-state index in [0.717, 1.165) is 5.56 Å². The molecule has 92 valence electrons. The van der Waals surface area contributed by atoms with Gasteiger partial charge in [-0.15, -0.1) is 0 Å². The normalized spacial score (nSPS) is 10.1. The fourth-order valence-electron chi connectivity index (χ4n) is 1.38. The van der Waals surface area contributed by atoms with E-state index in [0.29, 0.717) is 16.3 Å². The molecule has 0 aliphatic heterocycles. The van der Waals surface area contributed by atoms with Crippen molar-refractivity contribution in [1.82, 2.24) is 4.98 Å². The number of nitrogens with zero attached hydrogens (tertiary/aromatic N) is 1. The first-order chi connectivity index (χ1) is 8.66. The number of carbonyl (C=O) groups is 1. The van der Waals surface area contributed by atoms with Gasteiger partial charge in [0.2, 0.25) is 0 Å². The number of hydrogen-bond donors (Lipinski definition) is 1. The Kier molecular flexibility index (Phi) is 3.79. The second kappa shape index (κ2) is 5.51. The fourth-order valence-corrected chi connectivity index (χ4v) is 1.50. The zero-order chi connectivity index (χ0) is 13.0. The van der Waals surface area contributed by atoms with Crippen molar-refractivity contribution >= 4 is 23.3 Å². The van der Waals surface area contributed by atoms with Gasteiger partial charge in [-0.05, 0) is 35.9 Å². The van der Waals surface area contributed by atoms with Gasteiger partial charge in [0.1, 0.15) is 6.61 Å². The smallest absolute Gasteiger partial charge is 0.338 e. The van der Waals surface area contributed by atoms with Crippen molar-refractivity contribution in [2.75, 3.05) is 5.73 Å². The number of nitrogens with two attached hydrogens (primary N) is 1. The Morgan fingerprint density at radius 3 is 2.67 bits per heavy atom. The van der Waals surface area contributed by atoms with Crippen molar-refractivity contribution in [3.63, 3.8) is 0 Å². The minimum absolute atomic E-state index is 0.198. The van der Waals surface area contributed by atoms with Gasteiger partial charge in [-0.2, -0.15) is 0 Å². The highest BCUT2D eigenvalue weighted by molar-refractivity contribution is 6.33. The second-order valence-electron chi connectivity index (χ2n) is 3.67. The summed E-state index contributed by atoms with van der Waals surface area (Å²) in [6, 6.07) is 8.21. The Labute approximate surface area is 109 Å². The molecule has 0 fully saturated rings. The second-order valence-corrected chi connectivity index (χ2v) is 4.08. The molecule has 2 N–H and O–H groups in total. The van der Waals surface area contributed by atoms with Crippen molar-refractivity contribution in [1.29, 1.82) is 0 Å². The molecule has 0 spiro atoms. The van der Waals surface area contributed by atoms with Crippen LogP contribution < -0.4 is 5.73 Å². The summed E-state index contributed by atoms with van der Waals surface area (Å²) in [6.07, 6.45) is 3.28. The van der Waals surface area contributed by atoms with Crippen LogP contribution in [0.4, 0.5) is 5.69 Å². The lowest BCUT2D eigenvalue weighted by Gasteiger charge is -2.06. The summed E-state index contributed by atoms with van der Waals surface area (Å²) < 4.78 is 5.14. The number of benzene rings is 1. The molecule has 0 aliphatic carbocycles. The quantitative estimate of drug-likeness (QED) is 0.682. The lowest BCUT2D eigenvalue weighted by atomic mass is 10.2. The van der Waals surface area contributed by atoms with E-state index in [9.17, 15) is 4.79 Å². The zero-order valence-corrected chi connectivity index (χ0v) is 10.2. The topological polar surface area (TPSA) is 65.2 Å². The lowest BCUT2D eigenvalue weighted by Crippen LogP contribution is -2.06. The van der Waals surface area contributed by atoms with E-state index in [-0.39, 0.29) is 6.61 Å². The van der Waals surface area contributed by atoms with Crippen LogP contribution in [0.25, 0.3) is 0 Å². The minimum atomic E-state index is -0.435. The Hall–Kier alpha value is -2.07. The molecule has 5 heteroatoms. The number of esters is 1. The average Bonchev–Trinajstić information content (AvgIpc) is 2.40. The monoisotopic (exact) mass is 262 g/mol. The van der Waals surface area contributed by atoms with E-state index < -0.39 is 5.97 Å². The predicted octanol–water partition coefficient (Wildman–Crippen LogP) is 2.67. The van der Waals surface area contributed by atoms with Crippen LogP contribution in [0.3, 0.4) is 0 Å². The Balaban J connectivity index is 2.02. The molecule has 0 saturated carbocycles. The van der Waals surface area contributed by atoms with Crippen LogP contribution in [0.15, 0.2) is 42.7 Å². The third-order valence-electron chi connectivity index (χ3n) is 2.35. The first-order valence-electron chi connectivity index (χ1n) is 5.28. The molecule has 2 aromatic rings. The van der Waals surface area contributed by atoms with Gasteiger partial charge in [0, 0.05) is 12.4 Å². The number of pyridine rings is 1. The van der Waals surface area contributed by atoms with Crippen molar-refractivity contribution < 1.29 is 9.53 Å². The minimum Gasteiger partial charge on any atom is -0.457 e. The molecular weight excluding hydrogens is 252 g/mol. The molecule has 1 aromatic carbocycles. The van der Waals surface area contributed by atoms with E-state index in [4.69, 9.17) is 22.1 Å². The van der Waals surface area contributed by atoms with Crippen LogP contribution in [0.2, 0.25) is 5.02 Å². The van der Waals surface area contributed by atoms with Gasteiger partial charge in [0.15, 0.2) is 0 Å². The third kappa shape index (κ3) is 2.99. The summed E-state index contributed by atoms with van der Waals surface area (Å²) in [5, 5.41) is 0.417. The third-order valence-corrected chi connectivity index (χ3v) is 2.70. The van der Waals surface area contributed by atoms with Gasteiger partial charge < -0.3 is 10.5 Å². The maximum atomic E-state index is 11.7. The number of hydrogen-bond acceptors (Lipinski definition) is 4. The van der Waals surface area contributed by atoms with E-state index in [1.54, 1.807) is 36.7 Å². The van der Waals surface area contributed by atoms with Crippen molar-refractivity contribution in [2.24, 2.45) is 0 Å². The lowest BCUT2D eigenvalue weighted by molar-refractivity contribution is 0.0472. The molecule has 0 atom stereocenters. The van der Waals surface area contributed by atoms with Crippen molar-refractivity contribution in [3.05, 3.63) is 58.9 Å². The van der Waals surface area contributed by atoms with E-state index in [1.807, 2.05) is 0 Å². The molecular formula is C13H11ClN2O2. The highest BCUT2D eigenvalue weighted by Crippen LogP contribution is 2.20. The largest absolute Gasteiger partial charge is 0.457 e. The Bertz CT molecular complexity index is 558. The van der Waals surface area contributed by atoms with Gasteiger partial charge in [0.05, 0.1) is 16.3 Å². The Morgan fingerprint density at radius 1 is 1.28 bits per heavy atom. The molecule has 18 heavy (non-hydrogen) atoms. The highest BCUT2D eigenvalue weighted by atomic mass is 35.5. The first-order valence-corrected chi connectivity index (χ1v) is 5.65. The molecule has 2 rings (SSSR count). The number of halogens is 1. The molecule has 4 nitrogen and oxygen atoms in total. The number of anilines is 1. The molecule has 1 heterocycles. The van der Waals surface area contributed by atoms with Crippen molar-refractivity contribution in [2.45, 2.75) is 6.61 Å². The standard InChI is InChI=1S/C13H11ClN2O2/c14-11-2-1-10(7-12(11)15)13(17)18-8-9-3-5-16-6-4-9/h1-7H,8,15H2. The number of nitrogen functional groups attached to an aromatic ring is 1. The van der Waals surface area contributed by atoms with Gasteiger partial charge in [-0.25, -0.2) is 4.79 Å². The summed E-state index contributed by atoms with van der Waals surface area (Å²) in [5.41, 5.74) is 7.23. The summed E-state index contributed by atoms with van der Waals surface area (Å²) in [4.78, 5) is 15.6. The van der Waals surface area contributed by atoms with Gasteiger partial charge in [0.25, 0.3) is 0 Å². The summed E-state index contributed by atoms with van der Waals surface area (Å²) >= 11 is 5.77. The van der Waals surface area contributed by atoms with Crippen LogP contribution in [0, 0.1) is 0 Å². The predicted molar refractivity (Wildman–Crippen MR) is 69.2 cm³/mol. The van der Waals surface area contributed by atoms with Crippen LogP contribution in [-0.2, 0) is 11.3 Å². The highest BCUT2D eigenvalue weighted by Gasteiger charge is 2.09. The maximum absolute atomic E-state index is 11.7. The Morgan fingerprint density at radius 2 is 2.00 bits per heavy atom. The summed E-state index contributed by atoms with van der Waals surface area (Å²) in [5.74, 6) is -0.435. The van der Waals surface area contributed by atoms with Crippen LogP contribution in [0.1, 0.15) is 15.9 Å². The fraction of sp³-hybridized carbons (Fsp3) is 0.0769. The van der Waals surface area contributed by atoms with Crippen LogP contribution >= 0.6 is 11.6 Å². The van der Waals surface area contributed by atoms with Crippen LogP contribution in [0.5, 0.6) is 0 Å². The first kappa shape index (κ1) is 12.4. The van der Waals surface area contributed by atoms with Crippen LogP contribution in [-0.4, -0.2) is 11.0 Å². The van der Waals surface area contributed by atoms with Gasteiger partial charge in [-0.3, -0.25) is 4.98 Å². The molecule has 0 bridgehead atoms. The van der Waals surface area contributed by atoms with E-state index >= 15 is 0 Å². The van der Waals surface area contributed by atoms with Gasteiger partial charge >= 0.3 is 5.97 Å². The number of aromatic nitrogens is 1. The molecule has 0 aliphatic rings. The SMILES string of the molecule is Nc1cc(C(=O)OCc2ccncc2)ccc1Cl. The number of carbonyl (C=O) groups excluding carboxylic acids is 1. The van der Waals surface area contributed by atoms with E-state index in [1.165, 1.54) is 6.07 Å². The molecule has 0 saturated heterocycles. The summed E-state index contributed by atoms with van der Waals surface area (Å²) in [6.45, 7) is 0.198. The average molecular weight is 263 g/mol. The number of rotatable bonds is 3. The molecule has 0 amide bonds. The summed E-state index contributed by atoms with van der Waals surface area (Å²) in [7, 11) is 0. The van der Waals surface area contributed by atoms with Gasteiger partial charge in [-0.1, -0.05) is 11.6 Å².